The van der Waals surface area contributed by atoms with E-state index in [9.17, 15) is 9.59 Å². The lowest BCUT2D eigenvalue weighted by Gasteiger charge is -2.39. The Balaban J connectivity index is 0.00000225. The molecule has 7 heteroatoms. The lowest BCUT2D eigenvalue weighted by Crippen LogP contribution is -2.55. The molecular weight excluding hydrogens is 340 g/mol. The highest BCUT2D eigenvalue weighted by Crippen LogP contribution is 2.19. The molecule has 2 fully saturated rings. The third-order valence-electron chi connectivity index (χ3n) is 5.06. The van der Waals surface area contributed by atoms with Crippen LogP contribution in [0, 0.1) is 18.8 Å². The van der Waals surface area contributed by atoms with Crippen LogP contribution in [0.5, 0.6) is 0 Å². The molecule has 138 valence electrons. The van der Waals surface area contributed by atoms with Gasteiger partial charge in [-0.05, 0) is 43.6 Å². The van der Waals surface area contributed by atoms with Crippen molar-refractivity contribution in [2.75, 3.05) is 44.6 Å². The fourth-order valence-electron chi connectivity index (χ4n) is 3.21. The van der Waals surface area contributed by atoms with Gasteiger partial charge in [0.2, 0.25) is 5.91 Å². The molecule has 2 heterocycles. The maximum absolute atomic E-state index is 12.5. The monoisotopic (exact) mass is 366 g/mol. The fourth-order valence-corrected chi connectivity index (χ4v) is 3.21. The Kier molecular flexibility index (Phi) is 6.67. The molecule has 2 aliphatic rings. The van der Waals surface area contributed by atoms with E-state index < -0.39 is 0 Å². The van der Waals surface area contributed by atoms with Crippen LogP contribution in [-0.2, 0) is 4.79 Å². The Bertz CT molecular complexity index is 613. The van der Waals surface area contributed by atoms with Crippen molar-refractivity contribution in [3.63, 3.8) is 0 Å². The number of urea groups is 1. The summed E-state index contributed by atoms with van der Waals surface area (Å²) in [6, 6.07) is 7.67. The minimum absolute atomic E-state index is 0. The lowest BCUT2D eigenvalue weighted by atomic mass is 9.88. The van der Waals surface area contributed by atoms with Gasteiger partial charge in [0.05, 0.1) is 0 Å². The Labute approximate surface area is 155 Å². The van der Waals surface area contributed by atoms with Gasteiger partial charge in [-0.2, -0.15) is 0 Å². The summed E-state index contributed by atoms with van der Waals surface area (Å²) in [4.78, 5) is 28.6. The van der Waals surface area contributed by atoms with Crippen LogP contribution < -0.4 is 10.6 Å². The molecule has 0 saturated carbocycles. The number of halogens is 1. The molecule has 0 spiro atoms. The molecule has 3 amide bonds. The Morgan fingerprint density at radius 2 is 1.80 bits per heavy atom. The molecular formula is C18H27ClN4O2. The first-order valence-electron chi connectivity index (χ1n) is 8.66. The van der Waals surface area contributed by atoms with Gasteiger partial charge < -0.3 is 20.4 Å². The van der Waals surface area contributed by atoms with E-state index in [0.717, 1.165) is 24.3 Å². The van der Waals surface area contributed by atoms with Crippen LogP contribution in [0.25, 0.3) is 0 Å². The number of nitrogens with one attached hydrogen (secondary N) is 2. The molecule has 2 saturated heterocycles. The molecule has 2 aliphatic heterocycles. The molecule has 0 radical (unpaired) electrons. The van der Waals surface area contributed by atoms with Gasteiger partial charge in [0.15, 0.2) is 0 Å². The zero-order valence-corrected chi connectivity index (χ0v) is 15.6. The zero-order valence-electron chi connectivity index (χ0n) is 14.8. The predicted molar refractivity (Wildman–Crippen MR) is 101 cm³/mol. The molecule has 0 bridgehead atoms. The summed E-state index contributed by atoms with van der Waals surface area (Å²) < 4.78 is 0. The number of piperazine rings is 1. The van der Waals surface area contributed by atoms with Gasteiger partial charge in [0.1, 0.15) is 0 Å². The van der Waals surface area contributed by atoms with E-state index >= 15 is 0 Å². The molecule has 0 aromatic heterocycles. The van der Waals surface area contributed by atoms with E-state index in [1.165, 1.54) is 0 Å². The molecule has 6 nitrogen and oxygen atoms in total. The number of amides is 3. The summed E-state index contributed by atoms with van der Waals surface area (Å²) >= 11 is 0. The van der Waals surface area contributed by atoms with Gasteiger partial charge in [0, 0.05) is 37.8 Å². The van der Waals surface area contributed by atoms with Crippen molar-refractivity contribution in [3.8, 4) is 0 Å². The van der Waals surface area contributed by atoms with Crippen molar-refractivity contribution in [1.29, 1.82) is 0 Å². The van der Waals surface area contributed by atoms with E-state index in [2.05, 4.69) is 10.6 Å². The van der Waals surface area contributed by atoms with Gasteiger partial charge in [-0.3, -0.25) is 4.79 Å². The number of carbonyl (C=O) groups is 2. The van der Waals surface area contributed by atoms with Crippen LogP contribution in [-0.4, -0.2) is 61.0 Å². The summed E-state index contributed by atoms with van der Waals surface area (Å²) in [5.41, 5.74) is 1.92. The topological polar surface area (TPSA) is 64.7 Å². The maximum atomic E-state index is 12.5. The second-order valence-electron chi connectivity index (χ2n) is 6.82. The highest BCUT2D eigenvalue weighted by molar-refractivity contribution is 5.89. The number of rotatable bonds is 3. The summed E-state index contributed by atoms with van der Waals surface area (Å²) in [5.74, 6) is 0.749. The van der Waals surface area contributed by atoms with Gasteiger partial charge in [0.25, 0.3) is 0 Å². The Morgan fingerprint density at radius 1 is 1.16 bits per heavy atom. The van der Waals surface area contributed by atoms with Gasteiger partial charge in [-0.1, -0.05) is 19.1 Å². The second-order valence-corrected chi connectivity index (χ2v) is 6.82. The van der Waals surface area contributed by atoms with Gasteiger partial charge >= 0.3 is 6.03 Å². The van der Waals surface area contributed by atoms with Crippen molar-refractivity contribution in [3.05, 3.63) is 29.8 Å². The lowest BCUT2D eigenvalue weighted by molar-refractivity contribution is -0.138. The van der Waals surface area contributed by atoms with Crippen molar-refractivity contribution < 1.29 is 9.59 Å². The number of hydrogen-bond donors (Lipinski definition) is 2. The highest BCUT2D eigenvalue weighted by atomic mass is 35.5. The summed E-state index contributed by atoms with van der Waals surface area (Å²) in [7, 11) is 0. The fraction of sp³-hybridized carbons (Fsp3) is 0.556. The van der Waals surface area contributed by atoms with Gasteiger partial charge in [-0.15, -0.1) is 12.4 Å². The van der Waals surface area contributed by atoms with E-state index in [0.29, 0.717) is 32.1 Å². The largest absolute Gasteiger partial charge is 0.339 e. The van der Waals surface area contributed by atoms with Crippen molar-refractivity contribution >= 4 is 30.0 Å². The van der Waals surface area contributed by atoms with E-state index in [-0.39, 0.29) is 30.3 Å². The predicted octanol–water partition coefficient (Wildman–Crippen LogP) is 1.95. The summed E-state index contributed by atoms with van der Waals surface area (Å²) in [6.07, 6.45) is 0. The molecule has 0 aliphatic carbocycles. The van der Waals surface area contributed by atoms with E-state index in [1.54, 1.807) is 4.90 Å². The average molecular weight is 367 g/mol. The third-order valence-corrected chi connectivity index (χ3v) is 5.06. The first-order chi connectivity index (χ1) is 11.5. The first kappa shape index (κ1) is 19.5. The van der Waals surface area contributed by atoms with Crippen LogP contribution in [0.15, 0.2) is 24.3 Å². The number of benzene rings is 1. The standard InChI is InChI=1S/C18H26N4O2.ClH/c1-13-4-3-5-16(10-13)20-18(24)22-8-6-21(7-9-22)17(23)14(2)15-11-19-12-15;/h3-5,10,14-15,19H,6-9,11-12H2,1-2H3,(H,20,24);1H. The van der Waals surface area contributed by atoms with Crippen molar-refractivity contribution in [2.45, 2.75) is 13.8 Å². The van der Waals surface area contributed by atoms with Crippen LogP contribution in [0.2, 0.25) is 0 Å². The molecule has 3 rings (SSSR count). The highest BCUT2D eigenvalue weighted by Gasteiger charge is 2.33. The normalized spacial score (nSPS) is 18.8. The second kappa shape index (κ2) is 8.54. The first-order valence-corrected chi connectivity index (χ1v) is 8.66. The molecule has 2 N–H and O–H groups in total. The van der Waals surface area contributed by atoms with E-state index in [1.807, 2.05) is 43.0 Å². The smallest absolute Gasteiger partial charge is 0.321 e. The van der Waals surface area contributed by atoms with Crippen LogP contribution in [0.4, 0.5) is 10.5 Å². The molecule has 1 atom stereocenters. The van der Waals surface area contributed by atoms with Crippen LogP contribution >= 0.6 is 12.4 Å². The molecule has 1 unspecified atom stereocenters. The number of nitrogens with zero attached hydrogens (tertiary/aromatic N) is 2. The minimum atomic E-state index is -0.0936. The summed E-state index contributed by atoms with van der Waals surface area (Å²) in [6.45, 7) is 8.29. The number of hydrogen-bond acceptors (Lipinski definition) is 3. The molecule has 1 aromatic carbocycles. The maximum Gasteiger partial charge on any atom is 0.321 e. The number of anilines is 1. The SMILES string of the molecule is Cc1cccc(NC(=O)N2CCN(C(=O)C(C)C3CNC3)CC2)c1.Cl. The number of aryl methyl sites for hydroxylation is 1. The molecule has 1 aromatic rings. The third kappa shape index (κ3) is 4.64. The zero-order chi connectivity index (χ0) is 17.1. The number of carbonyl (C=O) groups excluding carboxylic acids is 2. The van der Waals surface area contributed by atoms with Crippen LogP contribution in [0.1, 0.15) is 12.5 Å². The Morgan fingerprint density at radius 3 is 2.36 bits per heavy atom. The van der Waals surface area contributed by atoms with Crippen molar-refractivity contribution in [2.24, 2.45) is 11.8 Å². The minimum Gasteiger partial charge on any atom is -0.339 e. The van der Waals surface area contributed by atoms with Crippen LogP contribution in [0.3, 0.4) is 0 Å². The Hall–Kier alpha value is -1.79. The average Bonchev–Trinajstić information content (AvgIpc) is 2.52. The summed E-state index contributed by atoms with van der Waals surface area (Å²) in [5, 5.41) is 6.15. The van der Waals surface area contributed by atoms with Crippen molar-refractivity contribution in [1.82, 2.24) is 15.1 Å². The molecule has 25 heavy (non-hydrogen) atoms. The van der Waals surface area contributed by atoms with Gasteiger partial charge in [-0.25, -0.2) is 4.79 Å². The van der Waals surface area contributed by atoms with E-state index in [4.69, 9.17) is 0 Å². The quantitative estimate of drug-likeness (QED) is 0.859.